The Morgan fingerprint density at radius 3 is 2.55 bits per heavy atom. The molecule has 1 aromatic carbocycles. The Kier molecular flexibility index (Phi) is 4.25. The minimum atomic E-state index is -0.788. The van der Waals surface area contributed by atoms with Crippen LogP contribution in [-0.2, 0) is 11.3 Å². The van der Waals surface area contributed by atoms with Crippen LogP contribution in [0.5, 0.6) is 5.75 Å². The van der Waals surface area contributed by atoms with Crippen molar-refractivity contribution in [3.05, 3.63) is 29.3 Å². The second-order valence-corrected chi connectivity index (χ2v) is 6.37. The van der Waals surface area contributed by atoms with Crippen molar-refractivity contribution in [2.75, 3.05) is 7.11 Å². The first-order chi connectivity index (χ1) is 10.6. The zero-order valence-electron chi connectivity index (χ0n) is 13.1. The predicted octanol–water partition coefficient (Wildman–Crippen LogP) is 3.19. The Hall–Kier alpha value is -1.75. The second-order valence-electron chi connectivity index (χ2n) is 6.37. The molecule has 2 fully saturated rings. The van der Waals surface area contributed by atoms with Gasteiger partial charge in [0.1, 0.15) is 11.9 Å². The largest absolute Gasteiger partial charge is 0.490 e. The van der Waals surface area contributed by atoms with Crippen LogP contribution in [0.4, 0.5) is 4.79 Å². The van der Waals surface area contributed by atoms with Gasteiger partial charge in [-0.25, -0.2) is 4.79 Å². The summed E-state index contributed by atoms with van der Waals surface area (Å²) in [6.45, 7) is 2.61. The van der Waals surface area contributed by atoms with E-state index in [9.17, 15) is 9.90 Å². The van der Waals surface area contributed by atoms with Crippen molar-refractivity contribution in [2.45, 2.75) is 57.4 Å². The van der Waals surface area contributed by atoms with E-state index in [2.05, 4.69) is 6.07 Å². The monoisotopic (exact) mass is 305 g/mol. The zero-order chi connectivity index (χ0) is 15.7. The van der Waals surface area contributed by atoms with Gasteiger partial charge in [0.05, 0.1) is 6.61 Å². The Labute approximate surface area is 130 Å². The third-order valence-corrected chi connectivity index (χ3v) is 4.64. The lowest BCUT2D eigenvalue weighted by Gasteiger charge is -2.37. The highest BCUT2D eigenvalue weighted by atomic mass is 16.5. The molecule has 3 rings (SSSR count). The summed E-state index contributed by atoms with van der Waals surface area (Å²) in [5, 5.41) is 9.30. The predicted molar refractivity (Wildman–Crippen MR) is 82.2 cm³/mol. The topological polar surface area (TPSA) is 59.0 Å². The van der Waals surface area contributed by atoms with Gasteiger partial charge in [0, 0.05) is 32.0 Å². The minimum Gasteiger partial charge on any atom is -0.490 e. The third-order valence-electron chi connectivity index (χ3n) is 4.64. The van der Waals surface area contributed by atoms with E-state index in [1.165, 1.54) is 0 Å². The van der Waals surface area contributed by atoms with Crippen LogP contribution in [-0.4, -0.2) is 41.4 Å². The molecule has 2 aliphatic heterocycles. The molecular formula is C17H23NO4. The maximum absolute atomic E-state index is 11.3. The number of hydrogen-bond donors (Lipinski definition) is 1. The van der Waals surface area contributed by atoms with Gasteiger partial charge in [0.25, 0.3) is 0 Å². The number of nitrogens with zero attached hydrogens (tertiary/aromatic N) is 1. The summed E-state index contributed by atoms with van der Waals surface area (Å²) in [7, 11) is 1.68. The average Bonchev–Trinajstić information content (AvgIpc) is 2.71. The third kappa shape index (κ3) is 3.04. The van der Waals surface area contributed by atoms with Crippen molar-refractivity contribution in [3.8, 4) is 5.75 Å². The lowest BCUT2D eigenvalue weighted by molar-refractivity contribution is 0.0495. The molecule has 2 heterocycles. The summed E-state index contributed by atoms with van der Waals surface area (Å²) in [6, 6.07) is 6.37. The fourth-order valence-corrected chi connectivity index (χ4v) is 3.87. The Bertz CT molecular complexity index is 546. The standard InChI is InChI=1S/C17H23NO4/c1-11-5-12(10-21-2)7-15(6-11)22-16-8-13-3-4-14(9-16)18(13)17(19)20/h5-7,13-14,16H,3-4,8-10H2,1-2H3,(H,19,20)/t13-,14+,16+. The first-order valence-corrected chi connectivity index (χ1v) is 7.84. The van der Waals surface area contributed by atoms with E-state index in [-0.39, 0.29) is 18.2 Å². The van der Waals surface area contributed by atoms with Crippen LogP contribution < -0.4 is 4.74 Å². The summed E-state index contributed by atoms with van der Waals surface area (Å²) < 4.78 is 11.3. The number of rotatable bonds is 4. The van der Waals surface area contributed by atoms with Crippen molar-refractivity contribution >= 4 is 6.09 Å². The van der Waals surface area contributed by atoms with E-state index in [1.54, 1.807) is 12.0 Å². The van der Waals surface area contributed by atoms with Gasteiger partial charge in [-0.1, -0.05) is 6.07 Å². The number of methoxy groups -OCH3 is 1. The van der Waals surface area contributed by atoms with Gasteiger partial charge < -0.3 is 19.5 Å². The minimum absolute atomic E-state index is 0.102. The molecule has 2 bridgehead atoms. The summed E-state index contributed by atoms with van der Waals surface area (Å²) in [5.41, 5.74) is 2.25. The molecule has 2 aliphatic rings. The molecule has 0 saturated carbocycles. The van der Waals surface area contributed by atoms with Gasteiger partial charge in [-0.15, -0.1) is 0 Å². The lowest BCUT2D eigenvalue weighted by atomic mass is 10.00. The molecule has 0 unspecified atom stereocenters. The number of carbonyl (C=O) groups is 1. The molecule has 22 heavy (non-hydrogen) atoms. The van der Waals surface area contributed by atoms with Crippen LogP contribution >= 0.6 is 0 Å². The second kappa shape index (κ2) is 6.16. The summed E-state index contributed by atoms with van der Waals surface area (Å²) in [5.74, 6) is 0.861. The maximum atomic E-state index is 11.3. The van der Waals surface area contributed by atoms with Crippen LogP contribution in [0, 0.1) is 6.92 Å². The van der Waals surface area contributed by atoms with Crippen molar-refractivity contribution in [3.63, 3.8) is 0 Å². The highest BCUT2D eigenvalue weighted by Crippen LogP contribution is 2.37. The molecule has 1 N–H and O–H groups in total. The number of fused-ring (bicyclic) bond motifs is 2. The summed E-state index contributed by atoms with van der Waals surface area (Å²) in [4.78, 5) is 12.9. The van der Waals surface area contributed by atoms with Gasteiger partial charge in [0.15, 0.2) is 0 Å². The van der Waals surface area contributed by atoms with Gasteiger partial charge in [0.2, 0.25) is 0 Å². The number of benzene rings is 1. The molecule has 1 aromatic rings. The highest BCUT2D eigenvalue weighted by molar-refractivity contribution is 5.66. The zero-order valence-corrected chi connectivity index (χ0v) is 13.1. The molecule has 0 radical (unpaired) electrons. The van der Waals surface area contributed by atoms with Crippen LogP contribution in [0.2, 0.25) is 0 Å². The number of aryl methyl sites for hydroxylation is 1. The first-order valence-electron chi connectivity index (χ1n) is 7.84. The fourth-order valence-electron chi connectivity index (χ4n) is 3.87. The van der Waals surface area contributed by atoms with E-state index in [1.807, 2.05) is 19.1 Å². The Morgan fingerprint density at radius 1 is 1.27 bits per heavy atom. The highest BCUT2D eigenvalue weighted by Gasteiger charge is 2.44. The summed E-state index contributed by atoms with van der Waals surface area (Å²) >= 11 is 0. The summed E-state index contributed by atoms with van der Waals surface area (Å²) in [6.07, 6.45) is 2.81. The van der Waals surface area contributed by atoms with Crippen molar-refractivity contribution in [1.82, 2.24) is 4.90 Å². The molecular weight excluding hydrogens is 282 g/mol. The maximum Gasteiger partial charge on any atom is 0.407 e. The van der Waals surface area contributed by atoms with Gasteiger partial charge in [-0.05, 0) is 43.0 Å². The number of hydrogen-bond acceptors (Lipinski definition) is 3. The Balaban J connectivity index is 1.69. The smallest absolute Gasteiger partial charge is 0.407 e. The van der Waals surface area contributed by atoms with E-state index in [0.717, 1.165) is 42.6 Å². The van der Waals surface area contributed by atoms with Gasteiger partial charge in [-0.2, -0.15) is 0 Å². The quantitative estimate of drug-likeness (QED) is 0.928. The van der Waals surface area contributed by atoms with Crippen LogP contribution in [0.1, 0.15) is 36.8 Å². The molecule has 3 atom stereocenters. The molecule has 120 valence electrons. The van der Waals surface area contributed by atoms with Crippen LogP contribution in [0.25, 0.3) is 0 Å². The first kappa shape index (κ1) is 15.2. The number of carboxylic acid groups (broad SMARTS) is 1. The molecule has 0 spiro atoms. The van der Waals surface area contributed by atoms with Gasteiger partial charge in [-0.3, -0.25) is 0 Å². The molecule has 0 aromatic heterocycles. The molecule has 5 heteroatoms. The number of amides is 1. The van der Waals surface area contributed by atoms with Gasteiger partial charge >= 0.3 is 6.09 Å². The Morgan fingerprint density at radius 2 is 1.95 bits per heavy atom. The molecule has 0 aliphatic carbocycles. The van der Waals surface area contributed by atoms with Crippen LogP contribution in [0.15, 0.2) is 18.2 Å². The van der Waals surface area contributed by atoms with Crippen molar-refractivity contribution in [1.29, 1.82) is 0 Å². The van der Waals surface area contributed by atoms with E-state index >= 15 is 0 Å². The van der Waals surface area contributed by atoms with E-state index in [0.29, 0.717) is 6.61 Å². The SMILES string of the molecule is COCc1cc(C)cc(O[C@H]2C[C@H]3CC[C@@H](C2)N3C(=O)O)c1. The van der Waals surface area contributed by atoms with Crippen molar-refractivity contribution < 1.29 is 19.4 Å². The molecule has 1 amide bonds. The van der Waals surface area contributed by atoms with Crippen LogP contribution in [0.3, 0.4) is 0 Å². The normalized spacial score (nSPS) is 27.0. The van der Waals surface area contributed by atoms with E-state index in [4.69, 9.17) is 9.47 Å². The average molecular weight is 305 g/mol. The number of ether oxygens (including phenoxy) is 2. The molecule has 2 saturated heterocycles. The number of piperidine rings is 1. The molecule has 5 nitrogen and oxygen atoms in total. The van der Waals surface area contributed by atoms with Crippen molar-refractivity contribution in [2.24, 2.45) is 0 Å². The fraction of sp³-hybridized carbons (Fsp3) is 0.588. The van der Waals surface area contributed by atoms with E-state index < -0.39 is 6.09 Å². The lowest BCUT2D eigenvalue weighted by Crippen LogP contribution is -2.48.